The van der Waals surface area contributed by atoms with Crippen molar-refractivity contribution in [3.8, 4) is 5.75 Å². The average Bonchev–Trinajstić information content (AvgIpc) is 2.82. The zero-order valence-electron chi connectivity index (χ0n) is 18.8. The highest BCUT2D eigenvalue weighted by molar-refractivity contribution is 9.10. The Balaban J connectivity index is 1.88. The van der Waals surface area contributed by atoms with Crippen LogP contribution < -0.4 is 14.4 Å². The summed E-state index contributed by atoms with van der Waals surface area (Å²) >= 11 is 3.37. The molecule has 0 saturated heterocycles. The highest BCUT2D eigenvalue weighted by Gasteiger charge is 2.28. The van der Waals surface area contributed by atoms with Gasteiger partial charge in [-0.2, -0.15) is 0 Å². The van der Waals surface area contributed by atoms with E-state index in [0.29, 0.717) is 12.1 Å². The predicted octanol–water partition coefficient (Wildman–Crippen LogP) is 5.23. The number of hydrogen-bond acceptors (Lipinski definition) is 4. The average molecular weight is 531 g/mol. The van der Waals surface area contributed by atoms with Gasteiger partial charge in [0.15, 0.2) is 0 Å². The largest absolute Gasteiger partial charge is 0.497 e. The molecule has 0 aliphatic rings. The fraction of sp³-hybridized carbons (Fsp3) is 0.240. The number of halogens is 1. The highest BCUT2D eigenvalue weighted by Crippen LogP contribution is 2.26. The number of hydrogen-bond donors (Lipinski definition) is 1. The van der Waals surface area contributed by atoms with Gasteiger partial charge < -0.3 is 10.1 Å². The van der Waals surface area contributed by atoms with Gasteiger partial charge in [-0.25, -0.2) is 8.42 Å². The van der Waals surface area contributed by atoms with Gasteiger partial charge in [-0.15, -0.1) is 0 Å². The summed E-state index contributed by atoms with van der Waals surface area (Å²) in [5.74, 6) is 0.335. The molecule has 0 aromatic heterocycles. The summed E-state index contributed by atoms with van der Waals surface area (Å²) in [6.07, 6.45) is 0.654. The number of ether oxygens (including phenoxy) is 1. The molecular formula is C25H27BrN2O4S. The molecule has 1 amide bonds. The minimum Gasteiger partial charge on any atom is -0.497 e. The third-order valence-corrected chi connectivity index (χ3v) is 7.59. The van der Waals surface area contributed by atoms with Crippen molar-refractivity contribution in [3.63, 3.8) is 0 Å². The molecule has 0 bridgehead atoms. The second kappa shape index (κ2) is 10.9. The number of sulfonamides is 1. The number of nitrogens with zero attached hydrogens (tertiary/aromatic N) is 1. The molecule has 0 heterocycles. The quantitative estimate of drug-likeness (QED) is 0.411. The fourth-order valence-corrected chi connectivity index (χ4v) is 5.07. The van der Waals surface area contributed by atoms with Gasteiger partial charge in [0.1, 0.15) is 12.3 Å². The molecule has 1 N–H and O–H groups in total. The van der Waals surface area contributed by atoms with Crippen LogP contribution in [0.2, 0.25) is 0 Å². The van der Waals surface area contributed by atoms with Crippen LogP contribution in [0.4, 0.5) is 5.69 Å². The number of carbonyl (C=O) groups excluding carboxylic acids is 1. The Kier molecular flexibility index (Phi) is 8.15. The first kappa shape index (κ1) is 24.8. The Hall–Kier alpha value is -2.84. The number of rotatable bonds is 9. The van der Waals surface area contributed by atoms with Crippen LogP contribution in [-0.4, -0.2) is 28.0 Å². The normalized spacial score (nSPS) is 12.1. The number of carbonyl (C=O) groups is 1. The lowest BCUT2D eigenvalue weighted by molar-refractivity contribution is -0.120. The maximum Gasteiger partial charge on any atom is 0.264 e. The van der Waals surface area contributed by atoms with Crippen molar-refractivity contribution in [3.05, 3.63) is 88.4 Å². The Morgan fingerprint density at radius 3 is 2.15 bits per heavy atom. The Bertz CT molecular complexity index is 1180. The molecule has 8 heteroatoms. The van der Waals surface area contributed by atoms with E-state index in [1.165, 1.54) is 0 Å². The molecule has 33 heavy (non-hydrogen) atoms. The van der Waals surface area contributed by atoms with E-state index in [0.717, 1.165) is 25.7 Å². The van der Waals surface area contributed by atoms with Gasteiger partial charge in [-0.1, -0.05) is 52.7 Å². The molecule has 0 spiro atoms. The van der Waals surface area contributed by atoms with Crippen molar-refractivity contribution >= 4 is 37.5 Å². The van der Waals surface area contributed by atoms with Crippen LogP contribution in [0, 0.1) is 6.92 Å². The standard InChI is InChI=1S/C25H27BrN2O4S/c1-4-24(19-7-13-22(32-3)14-8-19)27-25(29)17-28(21-11-9-20(26)10-12-21)33(30,31)23-15-5-18(2)6-16-23/h5-16,24H,4,17H2,1-3H3,(H,27,29)/t24-/m1/s1. The van der Waals surface area contributed by atoms with Crippen molar-refractivity contribution in [2.75, 3.05) is 18.0 Å². The van der Waals surface area contributed by atoms with E-state index in [2.05, 4.69) is 21.2 Å². The molecule has 0 aliphatic heterocycles. The second-order valence-electron chi connectivity index (χ2n) is 7.60. The van der Waals surface area contributed by atoms with Crippen LogP contribution in [0.5, 0.6) is 5.75 Å². The van der Waals surface area contributed by atoms with E-state index in [-0.39, 0.29) is 17.5 Å². The van der Waals surface area contributed by atoms with E-state index < -0.39 is 15.9 Å². The van der Waals surface area contributed by atoms with Crippen LogP contribution in [0.1, 0.15) is 30.5 Å². The van der Waals surface area contributed by atoms with Gasteiger partial charge in [0.2, 0.25) is 5.91 Å². The minimum absolute atomic E-state index is 0.131. The Morgan fingerprint density at radius 1 is 1.00 bits per heavy atom. The molecule has 3 rings (SSSR count). The molecule has 0 saturated carbocycles. The molecule has 174 valence electrons. The molecule has 3 aromatic rings. The van der Waals surface area contributed by atoms with Crippen molar-refractivity contribution in [2.24, 2.45) is 0 Å². The maximum absolute atomic E-state index is 13.5. The number of anilines is 1. The zero-order valence-corrected chi connectivity index (χ0v) is 21.2. The van der Waals surface area contributed by atoms with Gasteiger partial charge in [-0.05, 0) is 67.4 Å². The molecule has 0 aliphatic carbocycles. The van der Waals surface area contributed by atoms with Crippen LogP contribution >= 0.6 is 15.9 Å². The lowest BCUT2D eigenvalue weighted by Gasteiger charge is -2.26. The van der Waals surface area contributed by atoms with Crippen LogP contribution in [0.25, 0.3) is 0 Å². The number of methoxy groups -OCH3 is 1. The van der Waals surface area contributed by atoms with Crippen molar-refractivity contribution in [2.45, 2.75) is 31.2 Å². The van der Waals surface area contributed by atoms with Crippen LogP contribution in [0.3, 0.4) is 0 Å². The van der Waals surface area contributed by atoms with E-state index in [1.54, 1.807) is 55.6 Å². The summed E-state index contributed by atoms with van der Waals surface area (Å²) in [6.45, 7) is 3.51. The number of amides is 1. The molecule has 6 nitrogen and oxygen atoms in total. The van der Waals surface area contributed by atoms with Crippen LogP contribution in [-0.2, 0) is 14.8 Å². The maximum atomic E-state index is 13.5. The zero-order chi connectivity index (χ0) is 24.0. The summed E-state index contributed by atoms with van der Waals surface area (Å²) in [6, 6.07) is 20.6. The first-order chi connectivity index (χ1) is 15.7. The van der Waals surface area contributed by atoms with Gasteiger partial charge in [0.25, 0.3) is 10.0 Å². The fourth-order valence-electron chi connectivity index (χ4n) is 3.39. The minimum atomic E-state index is -3.95. The van der Waals surface area contributed by atoms with E-state index in [1.807, 2.05) is 38.1 Å². The van der Waals surface area contributed by atoms with Gasteiger partial charge in [0.05, 0.1) is 23.7 Å². The van der Waals surface area contributed by atoms with E-state index in [9.17, 15) is 13.2 Å². The summed E-state index contributed by atoms with van der Waals surface area (Å²) in [5, 5.41) is 2.97. The second-order valence-corrected chi connectivity index (χ2v) is 10.4. The SMILES string of the molecule is CC[C@@H](NC(=O)CN(c1ccc(Br)cc1)S(=O)(=O)c1ccc(C)cc1)c1ccc(OC)cc1. The topological polar surface area (TPSA) is 75.7 Å². The summed E-state index contributed by atoms with van der Waals surface area (Å²) < 4.78 is 34.1. The molecule has 1 atom stereocenters. The van der Waals surface area contributed by atoms with Crippen molar-refractivity contribution in [1.82, 2.24) is 5.32 Å². The van der Waals surface area contributed by atoms with E-state index >= 15 is 0 Å². The Labute approximate surface area is 203 Å². The van der Waals surface area contributed by atoms with Crippen LogP contribution in [0.15, 0.2) is 82.2 Å². The summed E-state index contributed by atoms with van der Waals surface area (Å²) in [7, 11) is -2.36. The summed E-state index contributed by atoms with van der Waals surface area (Å²) in [4.78, 5) is 13.2. The Morgan fingerprint density at radius 2 is 1.61 bits per heavy atom. The van der Waals surface area contributed by atoms with Crippen molar-refractivity contribution in [1.29, 1.82) is 0 Å². The first-order valence-corrected chi connectivity index (χ1v) is 12.8. The number of benzene rings is 3. The molecule has 0 radical (unpaired) electrons. The monoisotopic (exact) mass is 530 g/mol. The highest BCUT2D eigenvalue weighted by atomic mass is 79.9. The lowest BCUT2D eigenvalue weighted by Crippen LogP contribution is -2.42. The predicted molar refractivity (Wildman–Crippen MR) is 134 cm³/mol. The molecule has 3 aromatic carbocycles. The number of nitrogens with one attached hydrogen (secondary N) is 1. The van der Waals surface area contributed by atoms with Gasteiger partial charge >= 0.3 is 0 Å². The third-order valence-electron chi connectivity index (χ3n) is 5.27. The third kappa shape index (κ3) is 6.15. The van der Waals surface area contributed by atoms with Gasteiger partial charge in [-0.3, -0.25) is 9.10 Å². The van der Waals surface area contributed by atoms with E-state index in [4.69, 9.17) is 4.74 Å². The van der Waals surface area contributed by atoms with Crippen molar-refractivity contribution < 1.29 is 17.9 Å². The molecular weight excluding hydrogens is 504 g/mol. The summed E-state index contributed by atoms with van der Waals surface area (Å²) in [5.41, 5.74) is 2.28. The lowest BCUT2D eigenvalue weighted by atomic mass is 10.0. The molecule has 0 fully saturated rings. The first-order valence-electron chi connectivity index (χ1n) is 10.5. The molecule has 0 unspecified atom stereocenters. The number of aryl methyl sites for hydroxylation is 1. The van der Waals surface area contributed by atoms with Gasteiger partial charge in [0, 0.05) is 4.47 Å². The smallest absolute Gasteiger partial charge is 0.264 e.